The van der Waals surface area contributed by atoms with Gasteiger partial charge in [-0.15, -0.1) is 0 Å². The van der Waals surface area contributed by atoms with Gasteiger partial charge in [0.2, 0.25) is 0 Å². The fourth-order valence-corrected chi connectivity index (χ4v) is 3.36. The average Bonchev–Trinajstić information content (AvgIpc) is 2.84. The Morgan fingerprint density at radius 3 is 3.00 bits per heavy atom. The van der Waals surface area contributed by atoms with Crippen LogP contribution in [0.1, 0.15) is 50.8 Å². The Bertz CT molecular complexity index is 390. The minimum absolute atomic E-state index is 0.160. The van der Waals surface area contributed by atoms with Gasteiger partial charge in [-0.1, -0.05) is 26.2 Å². The third-order valence-electron chi connectivity index (χ3n) is 4.68. The average molecular weight is 251 g/mol. The maximum Gasteiger partial charge on any atom is 0.102 e. The van der Waals surface area contributed by atoms with Crippen molar-refractivity contribution < 1.29 is 5.11 Å². The molecule has 4 nitrogen and oxygen atoms in total. The van der Waals surface area contributed by atoms with Crippen molar-refractivity contribution in [3.63, 3.8) is 0 Å². The van der Waals surface area contributed by atoms with Gasteiger partial charge in [-0.25, -0.2) is 4.98 Å². The molecule has 0 bridgehead atoms. The van der Waals surface area contributed by atoms with Crippen molar-refractivity contribution in [3.8, 4) is 0 Å². The molecule has 3 N–H and O–H groups in total. The second-order valence-corrected chi connectivity index (χ2v) is 5.77. The van der Waals surface area contributed by atoms with Gasteiger partial charge in [-0.3, -0.25) is 0 Å². The van der Waals surface area contributed by atoms with E-state index in [2.05, 4.69) is 11.9 Å². The Hall–Kier alpha value is -0.870. The lowest BCUT2D eigenvalue weighted by molar-refractivity contribution is -0.0202. The molecule has 1 aliphatic rings. The highest BCUT2D eigenvalue weighted by atomic mass is 16.3. The number of hydrogen-bond acceptors (Lipinski definition) is 3. The minimum atomic E-state index is -0.496. The van der Waals surface area contributed by atoms with E-state index in [4.69, 9.17) is 5.73 Å². The van der Waals surface area contributed by atoms with Crippen LogP contribution in [-0.4, -0.2) is 21.2 Å². The molecule has 1 heterocycles. The molecule has 1 aliphatic carbocycles. The van der Waals surface area contributed by atoms with Gasteiger partial charge in [-0.05, 0) is 18.8 Å². The van der Waals surface area contributed by atoms with Crippen molar-refractivity contribution in [1.29, 1.82) is 0 Å². The van der Waals surface area contributed by atoms with Gasteiger partial charge in [0, 0.05) is 19.0 Å². The molecule has 18 heavy (non-hydrogen) atoms. The molecule has 3 atom stereocenters. The van der Waals surface area contributed by atoms with Crippen molar-refractivity contribution in [3.05, 3.63) is 18.2 Å². The SMILES string of the molecule is CCC1CCCC(CN)(C(O)c2cncn2C)C1. The molecule has 0 aromatic carbocycles. The van der Waals surface area contributed by atoms with E-state index in [1.165, 1.54) is 19.3 Å². The summed E-state index contributed by atoms with van der Waals surface area (Å²) in [4.78, 5) is 4.10. The zero-order chi connectivity index (χ0) is 13.2. The standard InChI is InChI=1S/C14H25N3O/c1-3-11-5-4-6-14(7-11,9-15)13(18)12-8-16-10-17(12)2/h8,10-11,13,18H,3-7,9,15H2,1-2H3. The summed E-state index contributed by atoms with van der Waals surface area (Å²) in [6, 6.07) is 0. The first-order valence-corrected chi connectivity index (χ1v) is 6.97. The Kier molecular flexibility index (Phi) is 4.07. The first-order valence-electron chi connectivity index (χ1n) is 6.97. The molecule has 0 aliphatic heterocycles. The largest absolute Gasteiger partial charge is 0.386 e. The van der Waals surface area contributed by atoms with Gasteiger partial charge in [-0.2, -0.15) is 0 Å². The van der Waals surface area contributed by atoms with E-state index in [0.29, 0.717) is 12.5 Å². The van der Waals surface area contributed by atoms with Gasteiger partial charge >= 0.3 is 0 Å². The molecule has 0 radical (unpaired) electrons. The normalized spacial score (nSPS) is 30.3. The second kappa shape index (κ2) is 5.41. The van der Waals surface area contributed by atoms with Gasteiger partial charge in [0.1, 0.15) is 6.10 Å². The van der Waals surface area contributed by atoms with Gasteiger partial charge in [0.25, 0.3) is 0 Å². The molecule has 1 fully saturated rings. The number of hydrogen-bond donors (Lipinski definition) is 2. The van der Waals surface area contributed by atoms with Crippen LogP contribution in [0.5, 0.6) is 0 Å². The molecule has 2 rings (SSSR count). The summed E-state index contributed by atoms with van der Waals surface area (Å²) in [5.41, 5.74) is 6.75. The highest BCUT2D eigenvalue weighted by Crippen LogP contribution is 2.47. The summed E-state index contributed by atoms with van der Waals surface area (Å²) in [6.45, 7) is 2.78. The molecule has 1 saturated carbocycles. The van der Waals surface area contributed by atoms with E-state index >= 15 is 0 Å². The Morgan fingerprint density at radius 2 is 2.44 bits per heavy atom. The molecule has 1 aromatic rings. The van der Waals surface area contributed by atoms with Crippen LogP contribution in [0.15, 0.2) is 12.5 Å². The lowest BCUT2D eigenvalue weighted by atomic mass is 9.65. The zero-order valence-corrected chi connectivity index (χ0v) is 11.5. The van der Waals surface area contributed by atoms with E-state index in [1.54, 1.807) is 12.5 Å². The summed E-state index contributed by atoms with van der Waals surface area (Å²) < 4.78 is 1.90. The highest BCUT2D eigenvalue weighted by Gasteiger charge is 2.42. The summed E-state index contributed by atoms with van der Waals surface area (Å²) in [6.07, 6.45) is 8.68. The molecule has 0 saturated heterocycles. The van der Waals surface area contributed by atoms with E-state index in [-0.39, 0.29) is 5.41 Å². The zero-order valence-electron chi connectivity index (χ0n) is 11.5. The Labute approximate surface area is 109 Å². The van der Waals surface area contributed by atoms with Crippen molar-refractivity contribution in [2.24, 2.45) is 24.1 Å². The molecular weight excluding hydrogens is 226 g/mol. The smallest absolute Gasteiger partial charge is 0.102 e. The predicted octanol–water partition coefficient (Wildman–Crippen LogP) is 2.00. The number of nitrogens with two attached hydrogens (primary N) is 1. The molecule has 4 heteroatoms. The Morgan fingerprint density at radius 1 is 1.67 bits per heavy atom. The third-order valence-corrected chi connectivity index (χ3v) is 4.68. The molecule has 1 aromatic heterocycles. The van der Waals surface area contributed by atoms with Crippen LogP contribution in [0.3, 0.4) is 0 Å². The van der Waals surface area contributed by atoms with Gasteiger partial charge in [0.05, 0.1) is 18.2 Å². The molecule has 3 unspecified atom stereocenters. The van der Waals surface area contributed by atoms with Crippen LogP contribution >= 0.6 is 0 Å². The molecular formula is C14H25N3O. The first-order chi connectivity index (χ1) is 8.63. The molecule has 0 spiro atoms. The maximum atomic E-state index is 10.7. The van der Waals surface area contributed by atoms with E-state index < -0.39 is 6.10 Å². The quantitative estimate of drug-likeness (QED) is 0.860. The fourth-order valence-electron chi connectivity index (χ4n) is 3.36. The van der Waals surface area contributed by atoms with Crippen molar-refractivity contribution in [1.82, 2.24) is 9.55 Å². The van der Waals surface area contributed by atoms with Crippen LogP contribution in [0, 0.1) is 11.3 Å². The van der Waals surface area contributed by atoms with E-state index in [9.17, 15) is 5.11 Å². The summed E-state index contributed by atoms with van der Waals surface area (Å²) >= 11 is 0. The summed E-state index contributed by atoms with van der Waals surface area (Å²) in [5.74, 6) is 0.699. The number of aliphatic hydroxyl groups excluding tert-OH is 1. The lowest BCUT2D eigenvalue weighted by Crippen LogP contribution is -2.41. The number of imidazole rings is 1. The van der Waals surface area contributed by atoms with E-state index in [0.717, 1.165) is 18.5 Å². The number of aromatic nitrogens is 2. The van der Waals surface area contributed by atoms with Crippen molar-refractivity contribution >= 4 is 0 Å². The van der Waals surface area contributed by atoms with Gasteiger partial charge in [0.15, 0.2) is 0 Å². The van der Waals surface area contributed by atoms with Crippen LogP contribution in [0.25, 0.3) is 0 Å². The lowest BCUT2D eigenvalue weighted by Gasteiger charge is -2.43. The van der Waals surface area contributed by atoms with Crippen molar-refractivity contribution in [2.75, 3.05) is 6.54 Å². The number of rotatable bonds is 4. The molecule has 102 valence electrons. The van der Waals surface area contributed by atoms with Crippen molar-refractivity contribution in [2.45, 2.75) is 45.1 Å². The maximum absolute atomic E-state index is 10.7. The Balaban J connectivity index is 2.24. The third kappa shape index (κ3) is 2.31. The number of aryl methyl sites for hydroxylation is 1. The summed E-state index contributed by atoms with van der Waals surface area (Å²) in [5, 5.41) is 10.7. The predicted molar refractivity (Wildman–Crippen MR) is 71.9 cm³/mol. The van der Waals surface area contributed by atoms with Crippen LogP contribution in [-0.2, 0) is 7.05 Å². The number of aliphatic hydroxyl groups is 1. The second-order valence-electron chi connectivity index (χ2n) is 5.77. The van der Waals surface area contributed by atoms with Crippen LogP contribution < -0.4 is 5.73 Å². The fraction of sp³-hybridized carbons (Fsp3) is 0.786. The topological polar surface area (TPSA) is 64.1 Å². The van der Waals surface area contributed by atoms with Gasteiger partial charge < -0.3 is 15.4 Å². The first kappa shape index (κ1) is 13.6. The monoisotopic (exact) mass is 251 g/mol. The number of nitrogens with zero attached hydrogens (tertiary/aromatic N) is 2. The van der Waals surface area contributed by atoms with Crippen LogP contribution in [0.2, 0.25) is 0 Å². The summed E-state index contributed by atoms with van der Waals surface area (Å²) in [7, 11) is 1.93. The van der Waals surface area contributed by atoms with Crippen LogP contribution in [0.4, 0.5) is 0 Å². The minimum Gasteiger partial charge on any atom is -0.386 e. The highest BCUT2D eigenvalue weighted by molar-refractivity contribution is 5.09. The molecule has 0 amide bonds. The van der Waals surface area contributed by atoms with E-state index in [1.807, 2.05) is 11.6 Å².